The Morgan fingerprint density at radius 3 is 2.75 bits per heavy atom. The van der Waals surface area contributed by atoms with Gasteiger partial charge in [-0.1, -0.05) is 12.8 Å². The summed E-state index contributed by atoms with van der Waals surface area (Å²) in [6, 6.07) is 0.151. The van der Waals surface area contributed by atoms with Crippen molar-refractivity contribution in [2.24, 2.45) is 0 Å². The maximum Gasteiger partial charge on any atom is 0.153 e. The second-order valence-electron chi connectivity index (χ2n) is 4.91. The largest absolute Gasteiger partial charge is 0.392 e. The van der Waals surface area contributed by atoms with Gasteiger partial charge in [-0.2, -0.15) is 5.10 Å². The molecule has 2 heterocycles. The monoisotopic (exact) mass is 222 g/mol. The minimum atomic E-state index is -0.245. The van der Waals surface area contributed by atoms with E-state index in [-0.39, 0.29) is 12.1 Å². The number of aromatic amines is 1. The van der Waals surface area contributed by atoms with Gasteiger partial charge in [0.25, 0.3) is 0 Å². The Kier molecular flexibility index (Phi) is 2.65. The molecule has 0 amide bonds. The van der Waals surface area contributed by atoms with Crippen molar-refractivity contribution in [3.8, 4) is 0 Å². The van der Waals surface area contributed by atoms with E-state index in [2.05, 4.69) is 20.5 Å². The number of nitrogens with zero attached hydrogens (tertiary/aromatic N) is 2. The summed E-state index contributed by atoms with van der Waals surface area (Å²) in [7, 11) is 0. The van der Waals surface area contributed by atoms with Crippen molar-refractivity contribution in [3.05, 3.63) is 11.6 Å². The summed E-state index contributed by atoms with van der Waals surface area (Å²) < 4.78 is 0. The molecular weight excluding hydrogens is 204 g/mol. The zero-order chi connectivity index (χ0) is 11.0. The first-order chi connectivity index (χ1) is 7.83. The third kappa shape index (κ3) is 1.85. The molecule has 88 valence electrons. The molecule has 1 aliphatic carbocycles. The molecule has 1 aromatic rings. The number of nitrogens with one attached hydrogen (secondary N) is 2. The maximum absolute atomic E-state index is 9.45. The standard InChI is InChI=1S/C11H18N4O/c16-8-5-9(12-6-8)11-13-10(14-15-11)7-3-1-2-4-7/h7-9,12,16H,1-6H2,(H,13,14,15). The van der Waals surface area contributed by atoms with E-state index in [0.717, 1.165) is 18.1 Å². The van der Waals surface area contributed by atoms with Crippen LogP contribution in [0.5, 0.6) is 0 Å². The minimum Gasteiger partial charge on any atom is -0.392 e. The first-order valence-electron chi connectivity index (χ1n) is 6.16. The first-order valence-corrected chi connectivity index (χ1v) is 6.16. The number of β-amino-alcohol motifs (C(OH)–C–C–N with tert-alkyl or cyclic N) is 1. The molecule has 1 saturated carbocycles. The Bertz CT molecular complexity index is 359. The molecule has 0 radical (unpaired) electrons. The Labute approximate surface area is 94.7 Å². The van der Waals surface area contributed by atoms with Crippen molar-refractivity contribution in [1.29, 1.82) is 0 Å². The van der Waals surface area contributed by atoms with E-state index in [9.17, 15) is 5.11 Å². The zero-order valence-electron chi connectivity index (χ0n) is 9.32. The van der Waals surface area contributed by atoms with Crippen LogP contribution in [0.25, 0.3) is 0 Å². The van der Waals surface area contributed by atoms with Gasteiger partial charge in [-0.3, -0.25) is 5.10 Å². The number of aliphatic hydroxyl groups excluding tert-OH is 1. The fourth-order valence-corrected chi connectivity index (χ4v) is 2.74. The van der Waals surface area contributed by atoms with Crippen molar-refractivity contribution >= 4 is 0 Å². The summed E-state index contributed by atoms with van der Waals surface area (Å²) >= 11 is 0. The molecule has 5 nitrogen and oxygen atoms in total. The average Bonchev–Trinajstić information content (AvgIpc) is 2.97. The second-order valence-corrected chi connectivity index (χ2v) is 4.91. The summed E-state index contributed by atoms with van der Waals surface area (Å²) in [6.45, 7) is 0.657. The van der Waals surface area contributed by atoms with E-state index in [1.54, 1.807) is 0 Å². The fraction of sp³-hybridized carbons (Fsp3) is 0.818. The third-order valence-corrected chi connectivity index (χ3v) is 3.68. The van der Waals surface area contributed by atoms with Gasteiger partial charge in [-0.25, -0.2) is 4.98 Å². The van der Waals surface area contributed by atoms with Crippen molar-refractivity contribution < 1.29 is 5.11 Å². The van der Waals surface area contributed by atoms with Crippen LogP contribution >= 0.6 is 0 Å². The second kappa shape index (κ2) is 4.14. The molecule has 0 aromatic carbocycles. The van der Waals surface area contributed by atoms with Crippen molar-refractivity contribution in [1.82, 2.24) is 20.5 Å². The predicted octanol–water partition coefficient (Wildman–Crippen LogP) is 0.858. The normalized spacial score (nSPS) is 31.3. The quantitative estimate of drug-likeness (QED) is 0.694. The molecular formula is C11H18N4O. The highest BCUT2D eigenvalue weighted by atomic mass is 16.3. The molecule has 2 aliphatic rings. The van der Waals surface area contributed by atoms with Gasteiger partial charge in [-0.05, 0) is 19.3 Å². The molecule has 2 unspecified atom stereocenters. The van der Waals surface area contributed by atoms with E-state index in [4.69, 9.17) is 0 Å². The molecule has 1 aliphatic heterocycles. The maximum atomic E-state index is 9.45. The SMILES string of the molecule is OC1CNC(c2nc(C3CCCC3)n[nH]2)C1. The first kappa shape index (κ1) is 10.2. The molecule has 3 N–H and O–H groups in total. The highest BCUT2D eigenvalue weighted by molar-refractivity contribution is 5.05. The van der Waals surface area contributed by atoms with Gasteiger partial charge in [0.15, 0.2) is 5.82 Å². The number of aliphatic hydroxyl groups is 1. The molecule has 1 saturated heterocycles. The van der Waals surface area contributed by atoms with E-state index in [1.165, 1.54) is 25.7 Å². The minimum absolute atomic E-state index is 0.151. The summed E-state index contributed by atoms with van der Waals surface area (Å²) in [5.41, 5.74) is 0. The van der Waals surface area contributed by atoms with Gasteiger partial charge < -0.3 is 10.4 Å². The molecule has 2 fully saturated rings. The van der Waals surface area contributed by atoms with E-state index in [0.29, 0.717) is 12.5 Å². The van der Waals surface area contributed by atoms with Crippen LogP contribution in [-0.2, 0) is 0 Å². The molecule has 16 heavy (non-hydrogen) atoms. The Balaban J connectivity index is 1.72. The molecule has 1 aromatic heterocycles. The lowest BCUT2D eigenvalue weighted by molar-refractivity contribution is 0.193. The topological polar surface area (TPSA) is 73.8 Å². The highest BCUT2D eigenvalue weighted by Crippen LogP contribution is 2.32. The van der Waals surface area contributed by atoms with E-state index < -0.39 is 0 Å². The number of aromatic nitrogens is 3. The van der Waals surface area contributed by atoms with E-state index in [1.807, 2.05) is 0 Å². The molecule has 3 rings (SSSR count). The molecule has 5 heteroatoms. The smallest absolute Gasteiger partial charge is 0.153 e. The van der Waals surface area contributed by atoms with Gasteiger partial charge in [0.05, 0.1) is 12.1 Å². The summed E-state index contributed by atoms with van der Waals surface area (Å²) in [5, 5.41) is 20.0. The third-order valence-electron chi connectivity index (χ3n) is 3.68. The number of hydrogen-bond donors (Lipinski definition) is 3. The zero-order valence-corrected chi connectivity index (χ0v) is 9.32. The summed E-state index contributed by atoms with van der Waals surface area (Å²) in [5.74, 6) is 2.41. The Morgan fingerprint density at radius 1 is 1.25 bits per heavy atom. The average molecular weight is 222 g/mol. The van der Waals surface area contributed by atoms with Crippen LogP contribution in [0.2, 0.25) is 0 Å². The van der Waals surface area contributed by atoms with Gasteiger partial charge in [0.1, 0.15) is 5.82 Å². The van der Waals surface area contributed by atoms with Crippen LogP contribution in [0.4, 0.5) is 0 Å². The lowest BCUT2D eigenvalue weighted by Gasteiger charge is -2.05. The summed E-state index contributed by atoms with van der Waals surface area (Å²) in [4.78, 5) is 4.57. The number of hydrogen-bond acceptors (Lipinski definition) is 4. The van der Waals surface area contributed by atoms with E-state index >= 15 is 0 Å². The Morgan fingerprint density at radius 2 is 2.06 bits per heavy atom. The van der Waals surface area contributed by atoms with Gasteiger partial charge in [-0.15, -0.1) is 0 Å². The number of rotatable bonds is 2. The lowest BCUT2D eigenvalue weighted by Crippen LogP contribution is -2.15. The lowest BCUT2D eigenvalue weighted by atomic mass is 10.1. The van der Waals surface area contributed by atoms with Gasteiger partial charge in [0.2, 0.25) is 0 Å². The number of H-pyrrole nitrogens is 1. The molecule has 0 bridgehead atoms. The predicted molar refractivity (Wildman–Crippen MR) is 59.0 cm³/mol. The van der Waals surface area contributed by atoms with Crippen LogP contribution < -0.4 is 5.32 Å². The van der Waals surface area contributed by atoms with Crippen LogP contribution in [0, 0.1) is 0 Å². The van der Waals surface area contributed by atoms with Crippen molar-refractivity contribution in [3.63, 3.8) is 0 Å². The van der Waals surface area contributed by atoms with Crippen molar-refractivity contribution in [2.45, 2.75) is 50.2 Å². The summed E-state index contributed by atoms with van der Waals surface area (Å²) in [6.07, 6.45) is 5.53. The van der Waals surface area contributed by atoms with Crippen LogP contribution in [0.15, 0.2) is 0 Å². The van der Waals surface area contributed by atoms with Gasteiger partial charge in [0, 0.05) is 12.5 Å². The molecule has 2 atom stereocenters. The van der Waals surface area contributed by atoms with Crippen LogP contribution in [0.3, 0.4) is 0 Å². The highest BCUT2D eigenvalue weighted by Gasteiger charge is 2.28. The van der Waals surface area contributed by atoms with Crippen molar-refractivity contribution in [2.75, 3.05) is 6.54 Å². The Hall–Kier alpha value is -0.940. The van der Waals surface area contributed by atoms with Gasteiger partial charge >= 0.3 is 0 Å². The van der Waals surface area contributed by atoms with Crippen LogP contribution in [0.1, 0.15) is 55.7 Å². The van der Waals surface area contributed by atoms with Crippen LogP contribution in [-0.4, -0.2) is 32.9 Å². The molecule has 0 spiro atoms. The fourth-order valence-electron chi connectivity index (χ4n) is 2.74.